The summed E-state index contributed by atoms with van der Waals surface area (Å²) in [7, 11) is 0. The van der Waals surface area contributed by atoms with E-state index in [0.29, 0.717) is 32.9 Å². The zero-order valence-corrected chi connectivity index (χ0v) is 18.9. The maximum Gasteiger partial charge on any atom is 0.262 e. The van der Waals surface area contributed by atoms with Crippen molar-refractivity contribution < 1.29 is 4.79 Å². The molecule has 152 valence electrons. The van der Waals surface area contributed by atoms with Crippen molar-refractivity contribution in [2.24, 2.45) is 0 Å². The van der Waals surface area contributed by atoms with Crippen LogP contribution in [-0.2, 0) is 6.42 Å². The minimum absolute atomic E-state index is 0.183. The zero-order chi connectivity index (χ0) is 21.3. The largest absolute Gasteiger partial charge is 0.345 e. The van der Waals surface area contributed by atoms with Gasteiger partial charge in [-0.3, -0.25) is 9.59 Å². The van der Waals surface area contributed by atoms with Crippen molar-refractivity contribution in [2.75, 3.05) is 0 Å². The molecular formula is C23H20BrN3O2S. The molecule has 4 rings (SSSR count). The van der Waals surface area contributed by atoms with Gasteiger partial charge in [0.15, 0.2) is 0 Å². The van der Waals surface area contributed by atoms with Gasteiger partial charge in [-0.15, -0.1) is 11.3 Å². The number of H-pyrrole nitrogens is 1. The van der Waals surface area contributed by atoms with Crippen LogP contribution in [-0.4, -0.2) is 15.9 Å². The monoisotopic (exact) mass is 481 g/mol. The molecule has 1 unspecified atom stereocenters. The highest BCUT2D eigenvalue weighted by Gasteiger charge is 2.21. The van der Waals surface area contributed by atoms with Gasteiger partial charge < -0.3 is 10.3 Å². The lowest BCUT2D eigenvalue weighted by atomic mass is 10.1. The van der Waals surface area contributed by atoms with Crippen LogP contribution in [0.3, 0.4) is 0 Å². The molecule has 2 heterocycles. The first kappa shape index (κ1) is 20.5. The number of halogens is 1. The van der Waals surface area contributed by atoms with E-state index in [1.54, 1.807) is 6.92 Å². The molecule has 2 aromatic carbocycles. The molecule has 0 aliphatic carbocycles. The van der Waals surface area contributed by atoms with Crippen LogP contribution in [0.4, 0.5) is 0 Å². The number of aromatic nitrogens is 2. The molecule has 2 aromatic heterocycles. The number of fused-ring (bicyclic) bond motifs is 1. The van der Waals surface area contributed by atoms with E-state index in [4.69, 9.17) is 0 Å². The molecule has 0 aliphatic heterocycles. The molecule has 0 radical (unpaired) electrons. The topological polar surface area (TPSA) is 74.8 Å². The average Bonchev–Trinajstić information content (AvgIpc) is 3.06. The van der Waals surface area contributed by atoms with E-state index in [1.807, 2.05) is 61.5 Å². The molecule has 30 heavy (non-hydrogen) atoms. The van der Waals surface area contributed by atoms with E-state index in [0.717, 1.165) is 15.6 Å². The van der Waals surface area contributed by atoms with Gasteiger partial charge in [0, 0.05) is 10.9 Å². The van der Waals surface area contributed by atoms with Crippen LogP contribution in [0.15, 0.2) is 63.9 Å². The van der Waals surface area contributed by atoms with Crippen molar-refractivity contribution in [3.63, 3.8) is 0 Å². The van der Waals surface area contributed by atoms with Crippen LogP contribution in [0.2, 0.25) is 0 Å². The lowest BCUT2D eigenvalue weighted by Gasteiger charge is -2.15. The Bertz CT molecular complexity index is 1280. The van der Waals surface area contributed by atoms with E-state index in [1.165, 1.54) is 11.3 Å². The van der Waals surface area contributed by atoms with Gasteiger partial charge in [-0.2, -0.15) is 0 Å². The van der Waals surface area contributed by atoms with Crippen LogP contribution < -0.4 is 10.9 Å². The van der Waals surface area contributed by atoms with Gasteiger partial charge in [-0.25, -0.2) is 4.98 Å². The fraction of sp³-hybridized carbons (Fsp3) is 0.174. The molecular weight excluding hydrogens is 462 g/mol. The highest BCUT2D eigenvalue weighted by atomic mass is 79.9. The minimum Gasteiger partial charge on any atom is -0.345 e. The number of carbonyl (C=O) groups is 1. The predicted octanol–water partition coefficient (Wildman–Crippen LogP) is 5.14. The second kappa shape index (κ2) is 8.53. The Morgan fingerprint density at radius 3 is 2.60 bits per heavy atom. The van der Waals surface area contributed by atoms with Crippen LogP contribution >= 0.6 is 27.3 Å². The summed E-state index contributed by atoms with van der Waals surface area (Å²) in [6.07, 6.45) is 0.531. The SMILES string of the molecule is Cc1c(C(=O)NC(C)c2ccccc2Br)sc2nc(Cc3ccccc3)[nH]c(=O)c12. The number of nitrogens with zero attached hydrogens (tertiary/aromatic N) is 1. The Balaban J connectivity index is 1.64. The quantitative estimate of drug-likeness (QED) is 0.414. The van der Waals surface area contributed by atoms with Crippen LogP contribution in [0, 0.1) is 6.92 Å². The number of nitrogens with one attached hydrogen (secondary N) is 2. The summed E-state index contributed by atoms with van der Waals surface area (Å²) >= 11 is 4.78. The number of hydrogen-bond acceptors (Lipinski definition) is 4. The average molecular weight is 482 g/mol. The summed E-state index contributed by atoms with van der Waals surface area (Å²) in [4.78, 5) is 34.3. The number of aromatic amines is 1. The summed E-state index contributed by atoms with van der Waals surface area (Å²) in [6, 6.07) is 17.4. The summed E-state index contributed by atoms with van der Waals surface area (Å²) in [5.41, 5.74) is 2.50. The molecule has 0 aliphatic rings. The normalized spacial score (nSPS) is 12.1. The van der Waals surface area contributed by atoms with Crippen molar-refractivity contribution in [1.29, 1.82) is 0 Å². The maximum absolute atomic E-state index is 13.0. The molecule has 0 spiro atoms. The molecule has 0 bridgehead atoms. The molecule has 0 fully saturated rings. The van der Waals surface area contributed by atoms with Crippen molar-refractivity contribution in [2.45, 2.75) is 26.3 Å². The highest BCUT2D eigenvalue weighted by molar-refractivity contribution is 9.10. The van der Waals surface area contributed by atoms with Crippen LogP contribution in [0.5, 0.6) is 0 Å². The van der Waals surface area contributed by atoms with Gasteiger partial charge in [0.05, 0.1) is 16.3 Å². The molecule has 1 atom stereocenters. The van der Waals surface area contributed by atoms with E-state index in [2.05, 4.69) is 31.2 Å². The first-order valence-corrected chi connectivity index (χ1v) is 11.2. The Labute approximate surface area is 186 Å². The third-order valence-corrected chi connectivity index (χ3v) is 6.90. The Kier molecular flexibility index (Phi) is 5.83. The van der Waals surface area contributed by atoms with Crippen molar-refractivity contribution >= 4 is 43.4 Å². The standard InChI is InChI=1S/C23H20BrN3O2S/c1-13-19-21(28)26-18(12-15-8-4-3-5-9-15)27-23(19)30-20(13)22(29)25-14(2)16-10-6-7-11-17(16)24/h3-11,14H,12H2,1-2H3,(H,25,29)(H,26,27,28). The third-order valence-electron chi connectivity index (χ3n) is 4.99. The van der Waals surface area contributed by atoms with Crippen molar-refractivity contribution in [3.05, 3.63) is 96.8 Å². The second-order valence-electron chi connectivity index (χ2n) is 7.13. The number of hydrogen-bond donors (Lipinski definition) is 2. The third kappa shape index (κ3) is 4.08. The first-order chi connectivity index (χ1) is 14.4. The van der Waals surface area contributed by atoms with Gasteiger partial charge in [0.1, 0.15) is 10.7 Å². The van der Waals surface area contributed by atoms with Crippen molar-refractivity contribution in [3.8, 4) is 0 Å². The molecule has 2 N–H and O–H groups in total. The number of aryl methyl sites for hydroxylation is 1. The Hall–Kier alpha value is -2.77. The maximum atomic E-state index is 13.0. The molecule has 4 aromatic rings. The number of rotatable bonds is 5. The summed E-state index contributed by atoms with van der Waals surface area (Å²) in [5.74, 6) is 0.385. The zero-order valence-electron chi connectivity index (χ0n) is 16.5. The van der Waals surface area contributed by atoms with Gasteiger partial charge in [0.2, 0.25) is 0 Å². The number of benzene rings is 2. The number of thiophene rings is 1. The van der Waals surface area contributed by atoms with Crippen molar-refractivity contribution in [1.82, 2.24) is 15.3 Å². The first-order valence-electron chi connectivity index (χ1n) is 9.55. The minimum atomic E-state index is -0.211. The molecule has 0 saturated heterocycles. The lowest BCUT2D eigenvalue weighted by molar-refractivity contribution is 0.0943. The van der Waals surface area contributed by atoms with E-state index in [9.17, 15) is 9.59 Å². The number of carbonyl (C=O) groups excluding carboxylic acids is 1. The summed E-state index contributed by atoms with van der Waals surface area (Å²) < 4.78 is 0.939. The summed E-state index contributed by atoms with van der Waals surface area (Å²) in [5, 5.41) is 3.51. The smallest absolute Gasteiger partial charge is 0.262 e. The van der Waals surface area contributed by atoms with Crippen LogP contribution in [0.25, 0.3) is 10.2 Å². The van der Waals surface area contributed by atoms with Gasteiger partial charge in [0.25, 0.3) is 11.5 Å². The Morgan fingerprint density at radius 1 is 1.17 bits per heavy atom. The molecule has 7 heteroatoms. The lowest BCUT2D eigenvalue weighted by Crippen LogP contribution is -2.26. The number of amides is 1. The molecule has 1 amide bonds. The predicted molar refractivity (Wildman–Crippen MR) is 124 cm³/mol. The van der Waals surface area contributed by atoms with E-state index in [-0.39, 0.29) is 17.5 Å². The molecule has 5 nitrogen and oxygen atoms in total. The van der Waals surface area contributed by atoms with E-state index >= 15 is 0 Å². The van der Waals surface area contributed by atoms with Gasteiger partial charge >= 0.3 is 0 Å². The fourth-order valence-electron chi connectivity index (χ4n) is 3.44. The Morgan fingerprint density at radius 2 is 1.87 bits per heavy atom. The summed E-state index contributed by atoms with van der Waals surface area (Å²) in [6.45, 7) is 3.73. The van der Waals surface area contributed by atoms with Crippen LogP contribution in [0.1, 0.15) is 45.2 Å². The van der Waals surface area contributed by atoms with Gasteiger partial charge in [-0.1, -0.05) is 64.5 Å². The highest BCUT2D eigenvalue weighted by Crippen LogP contribution is 2.29. The fourth-order valence-corrected chi connectivity index (χ4v) is 5.18. The second-order valence-corrected chi connectivity index (χ2v) is 8.98. The molecule has 0 saturated carbocycles. The van der Waals surface area contributed by atoms with Gasteiger partial charge in [-0.05, 0) is 36.6 Å². The van der Waals surface area contributed by atoms with E-state index < -0.39 is 0 Å².